The molecule has 29 heteroatoms. The summed E-state index contributed by atoms with van der Waals surface area (Å²) in [6.07, 6.45) is 2.91. The summed E-state index contributed by atoms with van der Waals surface area (Å²) >= 11 is 21.9. The second kappa shape index (κ2) is 44.8. The molecule has 0 aliphatic carbocycles. The minimum atomic E-state index is -2.20. The predicted octanol–water partition coefficient (Wildman–Crippen LogP) is 23.6. The van der Waals surface area contributed by atoms with Crippen LogP contribution in [-0.4, -0.2) is 77.7 Å². The SMILES string of the molecule is Brc1cccc(C(c2cccc(Br)n2)(c2cccc(Br)n2)c2cccc(Br)n2)n1.O=P(Br)(Br)Br.OB(O)c1ccccc1.Oc1ccccc1C(c1ccccc1O)(c1cccc[n+]1O)c1cccc[n+]1O.[Cl][Pt][Cl].c1ccc(-c2cccc(C(c3cccc(-c4ccccc4)n3)(c3cccc(-c4ccccc4)n3)c3cccc(-c4ccccc4)n3)n2)cc1. The van der Waals surface area contributed by atoms with E-state index < -0.39 is 43.1 Å². The molecule has 0 unspecified atom stereocenters. The second-order valence-electron chi connectivity index (χ2n) is 26.9. The molecular formula is C95H71BBr7Cl2N10O7PPt+2. The number of halogens is 9. The number of para-hydroxylation sites is 2. The molecule has 10 heterocycles. The molecular weight excluding hydrogens is 2260 g/mol. The molecule has 17 rings (SSSR count). The summed E-state index contributed by atoms with van der Waals surface area (Å²) < 4.78 is 12.5. The van der Waals surface area contributed by atoms with E-state index in [1.807, 2.05) is 152 Å². The van der Waals surface area contributed by atoms with Crippen molar-refractivity contribution in [3.63, 3.8) is 0 Å². The number of phenols is 2. The zero-order valence-corrected chi connectivity index (χ0v) is 80.6. The molecule has 0 atom stereocenters. The summed E-state index contributed by atoms with van der Waals surface area (Å²) in [6.45, 7) is 0. The van der Waals surface area contributed by atoms with Gasteiger partial charge in [-0.05, 0) is 191 Å². The first-order chi connectivity index (χ1) is 60.1. The van der Waals surface area contributed by atoms with Crippen LogP contribution in [0.15, 0.2) is 413 Å². The first kappa shape index (κ1) is 93.2. The Bertz CT molecular complexity index is 5730. The average Bonchev–Trinajstić information content (AvgIpc) is 0.724. The molecule has 0 aliphatic rings. The van der Waals surface area contributed by atoms with Crippen molar-refractivity contribution < 1.29 is 61.2 Å². The van der Waals surface area contributed by atoms with E-state index in [2.05, 4.69) is 232 Å². The van der Waals surface area contributed by atoms with Crippen LogP contribution in [0.4, 0.5) is 0 Å². The van der Waals surface area contributed by atoms with E-state index >= 15 is 0 Å². The largest absolute Gasteiger partial charge is 0.251 e. The molecule has 0 aliphatic heterocycles. The van der Waals surface area contributed by atoms with Crippen LogP contribution in [0.1, 0.15) is 68.1 Å². The summed E-state index contributed by atoms with van der Waals surface area (Å²) in [6, 6.07) is 121. The number of rotatable bonds is 17. The maximum absolute atomic E-state index is 10.8. The molecule has 0 radical (unpaired) electrons. The Labute approximate surface area is 791 Å². The maximum atomic E-state index is 10.8. The van der Waals surface area contributed by atoms with Gasteiger partial charge in [-0.1, -0.05) is 237 Å². The van der Waals surface area contributed by atoms with Gasteiger partial charge in [0.1, 0.15) is 40.7 Å². The molecule has 10 aromatic heterocycles. The number of hydrogen-bond donors (Lipinski definition) is 6. The maximum Gasteiger partial charge on any atom is 0.138 e. The van der Waals surface area contributed by atoms with Gasteiger partial charge >= 0.3 is 42.4 Å². The zero-order chi connectivity index (χ0) is 87.6. The minimum absolute atomic E-state index is 0.0524. The first-order valence-electron chi connectivity index (χ1n) is 37.6. The normalized spacial score (nSPS) is 11.1. The summed E-state index contributed by atoms with van der Waals surface area (Å²) in [7, 11) is 8.41. The number of nitrogens with zero attached hydrogens (tertiary/aromatic N) is 10. The minimum Gasteiger partial charge on any atom is -0.251 e. The van der Waals surface area contributed by atoms with Crippen LogP contribution in [0.3, 0.4) is 0 Å². The van der Waals surface area contributed by atoms with Crippen molar-refractivity contribution in [2.45, 2.75) is 16.2 Å². The first-order valence-corrected chi connectivity index (χ1v) is 54.2. The van der Waals surface area contributed by atoms with Gasteiger partial charge in [0.05, 0.1) is 68.3 Å². The van der Waals surface area contributed by atoms with Crippen LogP contribution in [0, 0.1) is 0 Å². The quantitative estimate of drug-likeness (QED) is 0.0163. The third-order valence-corrected chi connectivity index (χ3v) is 21.1. The van der Waals surface area contributed by atoms with Gasteiger partial charge in [-0.2, -0.15) is 0 Å². The van der Waals surface area contributed by atoms with Crippen molar-refractivity contribution in [2.24, 2.45) is 0 Å². The number of pyridine rings is 10. The van der Waals surface area contributed by atoms with Gasteiger partial charge in [-0.15, -0.1) is 0 Å². The average molecular weight is 2330 g/mol. The summed E-state index contributed by atoms with van der Waals surface area (Å²) in [4.78, 5) is 41.0. The molecule has 17 nitrogen and oxygen atoms in total. The fourth-order valence-corrected chi connectivity index (χ4v) is 15.6. The standard InChI is InChI=1S/C45H32N4.C23H18N2O4.C21H12Br4N4.C6H7BO2.Br3OP.2ClH.Pt/c1-5-17-33(18-6-1)37-25-13-29-41(46-37)45(42-30-14-26-38(47-42)34-19-7-2-8-20-34,43-31-15-27-39(48-43)35-21-9-3-10-22-35)44-32-16-28-40(49-44)36-23-11-4-12-24-36;26-19-11-3-1-9-17(19)23(18-10-2-4-12-20(18)27,21-13-5-7-15-24(21)28)22-14-6-8-16-25(22)29;22-17-9-1-5-13(26-17)21(14-6-2-10-18(23)27-14,15-7-3-11-19(24)28-15)16-8-4-12-20(25)29-16;8-7(9)6-4-2-1-3-5-6;1-5(2,3)4;;;/h1-32H;1-16H,(H2-2,26,27,28,29);1-12H;1-5,8-9H;;2*1H;/q;;;;;;;+2. The molecule has 0 saturated heterocycles. The van der Waals surface area contributed by atoms with E-state index in [0.29, 0.717) is 28.0 Å². The van der Waals surface area contributed by atoms with Crippen LogP contribution >= 0.6 is 132 Å². The monoisotopic (exact) mass is 2320 g/mol. The van der Waals surface area contributed by atoms with Crippen LogP contribution in [-0.2, 0) is 37.3 Å². The Kier molecular flexibility index (Phi) is 33.7. The Morgan fingerprint density at radius 1 is 0.290 bits per heavy atom. The Morgan fingerprint density at radius 2 is 0.508 bits per heavy atom. The molecule has 0 amide bonds. The van der Waals surface area contributed by atoms with E-state index in [4.69, 9.17) is 68.8 Å². The summed E-state index contributed by atoms with van der Waals surface area (Å²) in [5.74, 6) is -0.105. The van der Waals surface area contributed by atoms with Gasteiger partial charge in [-0.3, -0.25) is 34.9 Å². The van der Waals surface area contributed by atoms with Crippen molar-refractivity contribution in [3.05, 3.63) is 481 Å². The number of benzene rings is 7. The van der Waals surface area contributed by atoms with Crippen molar-refractivity contribution >= 4 is 145 Å². The van der Waals surface area contributed by atoms with Gasteiger partial charge < -0.3 is 20.3 Å². The van der Waals surface area contributed by atoms with Gasteiger partial charge in [0, 0.05) is 114 Å². The topological polar surface area (TPSA) is 249 Å². The molecule has 0 fully saturated rings. The van der Waals surface area contributed by atoms with E-state index in [9.17, 15) is 25.2 Å². The molecule has 0 spiro atoms. The molecule has 17 aromatic rings. The molecule has 622 valence electrons. The second-order valence-corrected chi connectivity index (χ2v) is 51.7. The molecule has 124 heavy (non-hydrogen) atoms. The van der Waals surface area contributed by atoms with E-state index in [1.165, 1.54) is 24.5 Å². The van der Waals surface area contributed by atoms with Gasteiger partial charge in [0.2, 0.25) is 17.8 Å². The van der Waals surface area contributed by atoms with Crippen molar-refractivity contribution in [1.29, 1.82) is 0 Å². The number of aromatic nitrogens is 10. The fraction of sp³-hybridized carbons (Fsp3) is 0.0316. The van der Waals surface area contributed by atoms with E-state index in [0.717, 1.165) is 118 Å². The van der Waals surface area contributed by atoms with Crippen molar-refractivity contribution in [3.8, 4) is 56.5 Å². The molecule has 7 aromatic carbocycles. The molecule has 0 bridgehead atoms. The van der Waals surface area contributed by atoms with E-state index in [1.54, 1.807) is 97.1 Å². The van der Waals surface area contributed by atoms with Gasteiger partial charge in [0.15, 0.2) is 0 Å². The third kappa shape index (κ3) is 22.8. The van der Waals surface area contributed by atoms with Crippen molar-refractivity contribution in [2.75, 3.05) is 0 Å². The summed E-state index contributed by atoms with van der Waals surface area (Å²) in [5.41, 5.74) is 12.2. The Morgan fingerprint density at radius 3 is 0.734 bits per heavy atom. The van der Waals surface area contributed by atoms with Crippen molar-refractivity contribution in [1.82, 2.24) is 39.9 Å². The number of aromatic hydroxyl groups is 2. The molecule has 0 saturated carbocycles. The van der Waals surface area contributed by atoms with Crippen LogP contribution in [0.5, 0.6) is 11.5 Å². The van der Waals surface area contributed by atoms with Crippen LogP contribution in [0.2, 0.25) is 0 Å². The number of phenolic OH excluding ortho intramolecular Hbond substituents is 2. The molecule has 6 N–H and O–H groups in total. The van der Waals surface area contributed by atoms with Gasteiger partial charge in [-0.25, -0.2) is 19.9 Å². The van der Waals surface area contributed by atoms with Gasteiger partial charge in [0.25, 0.3) is 14.6 Å². The van der Waals surface area contributed by atoms with E-state index in [-0.39, 0.29) is 11.5 Å². The van der Waals surface area contributed by atoms with Crippen LogP contribution < -0.4 is 14.9 Å². The number of hydrogen-bond acceptors (Lipinski definition) is 15. The Balaban J connectivity index is 0.000000161. The predicted molar refractivity (Wildman–Crippen MR) is 510 cm³/mol. The van der Waals surface area contributed by atoms with Crippen LogP contribution in [0.25, 0.3) is 45.0 Å². The zero-order valence-electron chi connectivity index (χ0n) is 64.8. The fourth-order valence-electron chi connectivity index (χ4n) is 14.2. The summed E-state index contributed by atoms with van der Waals surface area (Å²) in [5, 5.41) is 60.4. The Hall–Kier alpha value is -9.92. The smallest absolute Gasteiger partial charge is 0.138 e. The third-order valence-electron chi connectivity index (χ3n) is 19.4.